The molecule has 3 heterocycles. The smallest absolute Gasteiger partial charge is 0.391 e. The van der Waals surface area contributed by atoms with Crippen LogP contribution in [0.1, 0.15) is 64.1 Å². The van der Waals surface area contributed by atoms with E-state index in [1.54, 1.807) is 23.2 Å². The molecule has 1 aliphatic heterocycles. The van der Waals surface area contributed by atoms with Gasteiger partial charge in [0.2, 0.25) is 0 Å². The molecule has 12 heteroatoms. The molecule has 0 spiro atoms. The molecule has 38 heavy (non-hydrogen) atoms. The van der Waals surface area contributed by atoms with Crippen molar-refractivity contribution in [2.45, 2.75) is 64.3 Å². The van der Waals surface area contributed by atoms with E-state index in [-0.39, 0.29) is 18.2 Å². The molecule has 1 saturated heterocycles. The summed E-state index contributed by atoms with van der Waals surface area (Å²) in [6, 6.07) is 7.85. The minimum Gasteiger partial charge on any atom is -0.391 e. The molecule has 202 valence electrons. The number of carbonyl (C=O) groups is 1. The van der Waals surface area contributed by atoms with E-state index in [9.17, 15) is 18.0 Å². The molecule has 0 bridgehead atoms. The predicted molar refractivity (Wildman–Crippen MR) is 143 cm³/mol. The molecule has 1 fully saturated rings. The number of alkyl halides is 3. The van der Waals surface area contributed by atoms with Crippen LogP contribution in [0.2, 0.25) is 0 Å². The van der Waals surface area contributed by atoms with Gasteiger partial charge in [-0.25, -0.2) is 4.98 Å². The van der Waals surface area contributed by atoms with Crippen molar-refractivity contribution in [2.75, 3.05) is 18.0 Å². The van der Waals surface area contributed by atoms with Crippen molar-refractivity contribution < 1.29 is 22.8 Å². The number of hydrogen-bond acceptors (Lipinski definition) is 7. The SMILES string of the molecule is Cc1c(N2CCC(c3nc4c(s3)CCCC4=NOCc3ccccc3Br)CC2)c(C(F)(F)F)nn1CC=O. The molecule has 0 unspecified atom stereocenters. The van der Waals surface area contributed by atoms with Crippen LogP contribution in [-0.2, 0) is 35.4 Å². The molecule has 0 atom stereocenters. The molecule has 2 aromatic heterocycles. The maximum Gasteiger partial charge on any atom is 0.437 e. The second-order valence-corrected chi connectivity index (χ2v) is 11.4. The molecule has 0 amide bonds. The van der Waals surface area contributed by atoms with E-state index in [1.807, 2.05) is 24.3 Å². The van der Waals surface area contributed by atoms with Crippen LogP contribution in [0.15, 0.2) is 33.9 Å². The van der Waals surface area contributed by atoms with Crippen LogP contribution in [0.25, 0.3) is 0 Å². The third-order valence-corrected chi connectivity index (χ3v) is 9.06. The van der Waals surface area contributed by atoms with Crippen molar-refractivity contribution >= 4 is 45.0 Å². The largest absolute Gasteiger partial charge is 0.437 e. The van der Waals surface area contributed by atoms with Crippen molar-refractivity contribution in [3.8, 4) is 0 Å². The van der Waals surface area contributed by atoms with Crippen LogP contribution < -0.4 is 4.90 Å². The Morgan fingerprint density at radius 2 is 2.00 bits per heavy atom. The van der Waals surface area contributed by atoms with Crippen LogP contribution in [0, 0.1) is 6.92 Å². The molecule has 0 radical (unpaired) electrons. The van der Waals surface area contributed by atoms with E-state index in [1.165, 1.54) is 4.88 Å². The topological polar surface area (TPSA) is 72.6 Å². The van der Waals surface area contributed by atoms with E-state index in [4.69, 9.17) is 9.82 Å². The first-order valence-corrected chi connectivity index (χ1v) is 14.1. The number of carbonyl (C=O) groups excluding carboxylic acids is 1. The number of aromatic nitrogens is 3. The predicted octanol–water partition coefficient (Wildman–Crippen LogP) is 6.27. The molecule has 2 aliphatic rings. The van der Waals surface area contributed by atoms with E-state index in [0.717, 1.165) is 50.4 Å². The Hall–Kier alpha value is -2.73. The second-order valence-electron chi connectivity index (χ2n) is 9.47. The number of fused-ring (bicyclic) bond motifs is 1. The maximum atomic E-state index is 13.7. The lowest BCUT2D eigenvalue weighted by Crippen LogP contribution is -2.34. The third-order valence-electron chi connectivity index (χ3n) is 7.01. The summed E-state index contributed by atoms with van der Waals surface area (Å²) in [6.07, 6.45) is 0.0695. The number of piperidine rings is 1. The lowest BCUT2D eigenvalue weighted by molar-refractivity contribution is -0.141. The molecule has 0 N–H and O–H groups in total. The Kier molecular flexibility index (Phi) is 7.90. The van der Waals surface area contributed by atoms with E-state index >= 15 is 0 Å². The Labute approximate surface area is 230 Å². The zero-order chi connectivity index (χ0) is 26.9. The summed E-state index contributed by atoms with van der Waals surface area (Å²) >= 11 is 5.21. The number of thiazole rings is 1. The fourth-order valence-corrected chi connectivity index (χ4v) is 6.76. The lowest BCUT2D eigenvalue weighted by Gasteiger charge is -2.33. The van der Waals surface area contributed by atoms with Crippen molar-refractivity contribution in [1.29, 1.82) is 0 Å². The standard InChI is InChI=1S/C26H27BrF3N5O2S/c1-16-23(24(26(28,29)30)32-35(16)13-14-36)34-11-9-17(10-12-34)25-31-22-20(7-4-8-21(22)38-25)33-37-15-18-5-2-3-6-19(18)27/h2-3,5-6,14,17H,4,7-13,15H2,1H3. The summed E-state index contributed by atoms with van der Waals surface area (Å²) in [5, 5.41) is 9.14. The highest BCUT2D eigenvalue weighted by Crippen LogP contribution is 2.41. The number of nitrogens with zero attached hydrogens (tertiary/aromatic N) is 5. The van der Waals surface area contributed by atoms with Gasteiger partial charge in [0.1, 0.15) is 24.3 Å². The van der Waals surface area contributed by atoms with Crippen LogP contribution in [0.4, 0.5) is 18.9 Å². The quantitative estimate of drug-likeness (QED) is 0.233. The van der Waals surface area contributed by atoms with Crippen LogP contribution in [-0.4, -0.2) is 39.9 Å². The number of aryl methyl sites for hydroxylation is 1. The first-order valence-electron chi connectivity index (χ1n) is 12.5. The number of anilines is 1. The van der Waals surface area contributed by atoms with Gasteiger partial charge in [-0.3, -0.25) is 4.68 Å². The van der Waals surface area contributed by atoms with Gasteiger partial charge in [0.15, 0.2) is 5.69 Å². The van der Waals surface area contributed by atoms with Gasteiger partial charge in [-0.05, 0) is 45.1 Å². The molecule has 1 aliphatic carbocycles. The number of rotatable bonds is 7. The molecular formula is C26H27BrF3N5O2S. The monoisotopic (exact) mass is 609 g/mol. The molecular weight excluding hydrogens is 583 g/mol. The summed E-state index contributed by atoms with van der Waals surface area (Å²) in [4.78, 5) is 24.5. The van der Waals surface area contributed by atoms with Crippen LogP contribution >= 0.6 is 27.3 Å². The van der Waals surface area contributed by atoms with E-state index < -0.39 is 11.9 Å². The molecule has 7 nitrogen and oxygen atoms in total. The van der Waals surface area contributed by atoms with Gasteiger partial charge in [0, 0.05) is 33.9 Å². The number of aldehydes is 1. The van der Waals surface area contributed by atoms with Crippen molar-refractivity contribution in [1.82, 2.24) is 14.8 Å². The normalized spacial score (nSPS) is 17.6. The van der Waals surface area contributed by atoms with Gasteiger partial charge in [-0.15, -0.1) is 11.3 Å². The van der Waals surface area contributed by atoms with Gasteiger partial charge < -0.3 is 14.5 Å². The van der Waals surface area contributed by atoms with Gasteiger partial charge >= 0.3 is 6.18 Å². The summed E-state index contributed by atoms with van der Waals surface area (Å²) in [5.74, 6) is 0.170. The zero-order valence-electron chi connectivity index (χ0n) is 20.8. The summed E-state index contributed by atoms with van der Waals surface area (Å²) in [5.41, 5.74) is 2.27. The Morgan fingerprint density at radius 3 is 2.71 bits per heavy atom. The van der Waals surface area contributed by atoms with Crippen molar-refractivity contribution in [3.05, 3.63) is 61.3 Å². The molecule has 3 aromatic rings. The number of benzene rings is 1. The Bertz CT molecular complexity index is 1350. The minimum absolute atomic E-state index is 0.0767. The van der Waals surface area contributed by atoms with Gasteiger partial charge in [-0.1, -0.05) is 39.3 Å². The zero-order valence-corrected chi connectivity index (χ0v) is 23.2. The number of hydrogen-bond donors (Lipinski definition) is 0. The summed E-state index contributed by atoms with van der Waals surface area (Å²) in [6.45, 7) is 2.66. The first-order chi connectivity index (χ1) is 18.3. The maximum absolute atomic E-state index is 13.7. The van der Waals surface area contributed by atoms with Crippen molar-refractivity contribution in [3.63, 3.8) is 0 Å². The highest BCUT2D eigenvalue weighted by atomic mass is 79.9. The molecule has 0 saturated carbocycles. The van der Waals surface area contributed by atoms with Crippen molar-refractivity contribution in [2.24, 2.45) is 5.16 Å². The van der Waals surface area contributed by atoms with Crippen LogP contribution in [0.3, 0.4) is 0 Å². The average Bonchev–Trinajstić information content (AvgIpc) is 3.48. The Morgan fingerprint density at radius 1 is 1.24 bits per heavy atom. The molecule has 5 rings (SSSR count). The summed E-state index contributed by atoms with van der Waals surface area (Å²) in [7, 11) is 0. The Balaban J connectivity index is 1.29. The fourth-order valence-electron chi connectivity index (χ4n) is 5.06. The third kappa shape index (κ3) is 5.51. The van der Waals surface area contributed by atoms with Crippen LogP contribution in [0.5, 0.6) is 0 Å². The number of oxime groups is 1. The fraction of sp³-hybridized carbons (Fsp3) is 0.462. The van der Waals surface area contributed by atoms with Gasteiger partial charge in [0.25, 0.3) is 0 Å². The highest BCUT2D eigenvalue weighted by Gasteiger charge is 2.41. The van der Waals surface area contributed by atoms with E-state index in [2.05, 4.69) is 26.2 Å². The molecule has 1 aromatic carbocycles. The average molecular weight is 611 g/mol. The second kappa shape index (κ2) is 11.2. The number of halogens is 4. The first kappa shape index (κ1) is 26.9. The summed E-state index contributed by atoms with van der Waals surface area (Å²) < 4.78 is 43.3. The minimum atomic E-state index is -4.59. The van der Waals surface area contributed by atoms with Gasteiger partial charge in [-0.2, -0.15) is 18.3 Å². The van der Waals surface area contributed by atoms with E-state index in [0.29, 0.717) is 44.5 Å². The van der Waals surface area contributed by atoms with Gasteiger partial charge in [0.05, 0.1) is 22.9 Å². The highest BCUT2D eigenvalue weighted by molar-refractivity contribution is 9.10. The lowest BCUT2D eigenvalue weighted by atomic mass is 9.96.